The molecule has 0 bridgehead atoms. The average Bonchev–Trinajstić information content (AvgIpc) is 2.89. The van der Waals surface area contributed by atoms with Crippen LogP contribution in [0.3, 0.4) is 0 Å². The summed E-state index contributed by atoms with van der Waals surface area (Å²) in [4.78, 5) is 19.9. The number of ether oxygens (including phenoxy) is 1. The second kappa shape index (κ2) is 9.32. The molecular formula is C23H27ClN4O2S. The molecule has 2 aromatic rings. The minimum Gasteiger partial charge on any atom is -0.463 e. The third-order valence-electron chi connectivity index (χ3n) is 5.09. The molecule has 1 aromatic heterocycles. The molecular weight excluding hydrogens is 432 g/mol. The Morgan fingerprint density at radius 1 is 1.29 bits per heavy atom. The number of hydrogen-bond donors (Lipinski definition) is 2. The van der Waals surface area contributed by atoms with Gasteiger partial charge in [0.05, 0.1) is 11.8 Å². The van der Waals surface area contributed by atoms with E-state index in [1.807, 2.05) is 52.0 Å². The first-order chi connectivity index (χ1) is 14.6. The van der Waals surface area contributed by atoms with Crippen molar-refractivity contribution < 1.29 is 9.53 Å². The zero-order chi connectivity index (χ0) is 22.9. The lowest BCUT2D eigenvalue weighted by Crippen LogP contribution is -2.40. The van der Waals surface area contributed by atoms with Crippen molar-refractivity contribution in [1.82, 2.24) is 0 Å². The molecule has 6 nitrogen and oxygen atoms in total. The van der Waals surface area contributed by atoms with Crippen LogP contribution in [0, 0.1) is 24.7 Å². The average molecular weight is 459 g/mol. The van der Waals surface area contributed by atoms with Crippen molar-refractivity contribution >= 4 is 51.3 Å². The SMILES string of the molecule is CC(=N)N1C(=N)C(CCC(=O)OC(C)C)N=C(c2ccc(Cl)cc2)c2c1sc(C)c2C. The molecule has 1 atom stereocenters. The van der Waals surface area contributed by atoms with E-state index >= 15 is 0 Å². The van der Waals surface area contributed by atoms with Gasteiger partial charge in [0.1, 0.15) is 22.7 Å². The van der Waals surface area contributed by atoms with E-state index in [0.717, 1.165) is 32.3 Å². The van der Waals surface area contributed by atoms with Crippen LogP contribution in [0.1, 0.15) is 55.2 Å². The third-order valence-corrected chi connectivity index (χ3v) is 6.53. The summed E-state index contributed by atoms with van der Waals surface area (Å²) >= 11 is 7.65. The van der Waals surface area contributed by atoms with E-state index in [0.29, 0.717) is 11.4 Å². The maximum Gasteiger partial charge on any atom is 0.306 e. The van der Waals surface area contributed by atoms with Gasteiger partial charge >= 0.3 is 5.97 Å². The number of esters is 1. The van der Waals surface area contributed by atoms with Crippen molar-refractivity contribution in [2.45, 2.75) is 59.6 Å². The molecule has 0 saturated carbocycles. The smallest absolute Gasteiger partial charge is 0.306 e. The van der Waals surface area contributed by atoms with Crippen LogP contribution < -0.4 is 4.90 Å². The van der Waals surface area contributed by atoms with Crippen molar-refractivity contribution in [1.29, 1.82) is 10.8 Å². The first-order valence-electron chi connectivity index (χ1n) is 10.2. The molecule has 164 valence electrons. The van der Waals surface area contributed by atoms with E-state index < -0.39 is 6.04 Å². The summed E-state index contributed by atoms with van der Waals surface area (Å²) in [6.07, 6.45) is 0.296. The fraction of sp³-hybridized carbons (Fsp3) is 0.391. The van der Waals surface area contributed by atoms with Crippen LogP contribution in [0.5, 0.6) is 0 Å². The zero-order valence-corrected chi connectivity index (χ0v) is 19.9. The number of anilines is 1. The number of hydrogen-bond acceptors (Lipinski definition) is 6. The Hall–Kier alpha value is -2.51. The highest BCUT2D eigenvalue weighted by Gasteiger charge is 2.34. The standard InChI is InChI=1S/C23H27ClN4O2S/c1-12(2)30-19(29)11-10-18-22(26)28(15(5)25)23-20(13(3)14(4)31-23)21(27-18)16-6-8-17(24)9-7-16/h6-9,12,18,25-26H,10-11H2,1-5H3. The number of nitrogens with zero attached hydrogens (tertiary/aromatic N) is 2. The van der Waals surface area contributed by atoms with Crippen molar-refractivity contribution in [2.24, 2.45) is 4.99 Å². The first kappa shape index (κ1) is 23.2. The molecule has 2 N–H and O–H groups in total. The molecule has 1 aliphatic heterocycles. The topological polar surface area (TPSA) is 89.6 Å². The largest absolute Gasteiger partial charge is 0.463 e. The number of rotatable bonds is 5. The Morgan fingerprint density at radius 3 is 2.52 bits per heavy atom. The van der Waals surface area contributed by atoms with Crippen LogP contribution in [0.15, 0.2) is 29.3 Å². The summed E-state index contributed by atoms with van der Waals surface area (Å²) < 4.78 is 5.26. The predicted octanol–water partition coefficient (Wildman–Crippen LogP) is 5.75. The van der Waals surface area contributed by atoms with E-state index in [2.05, 4.69) is 0 Å². The number of carbonyl (C=O) groups excluding carboxylic acids is 1. The van der Waals surface area contributed by atoms with Gasteiger partial charge in [0.15, 0.2) is 0 Å². The van der Waals surface area contributed by atoms with Gasteiger partial charge in [-0.2, -0.15) is 0 Å². The highest BCUT2D eigenvalue weighted by atomic mass is 35.5. The Labute approximate surface area is 191 Å². The first-order valence-corrected chi connectivity index (χ1v) is 11.4. The lowest BCUT2D eigenvalue weighted by molar-refractivity contribution is -0.147. The summed E-state index contributed by atoms with van der Waals surface area (Å²) in [7, 11) is 0. The molecule has 0 spiro atoms. The molecule has 0 amide bonds. The number of aryl methyl sites for hydroxylation is 1. The van der Waals surface area contributed by atoms with Gasteiger partial charge in [0.25, 0.3) is 0 Å². The molecule has 8 heteroatoms. The highest BCUT2D eigenvalue weighted by molar-refractivity contribution is 7.17. The number of benzene rings is 1. The monoisotopic (exact) mass is 458 g/mol. The van der Waals surface area contributed by atoms with E-state index in [1.165, 1.54) is 0 Å². The van der Waals surface area contributed by atoms with Crippen molar-refractivity contribution in [3.63, 3.8) is 0 Å². The van der Waals surface area contributed by atoms with Gasteiger partial charge in [0, 0.05) is 27.4 Å². The van der Waals surface area contributed by atoms with Crippen molar-refractivity contribution in [3.8, 4) is 0 Å². The number of fused-ring (bicyclic) bond motifs is 1. The molecule has 0 radical (unpaired) electrons. The van der Waals surface area contributed by atoms with E-state index in [4.69, 9.17) is 32.1 Å². The maximum absolute atomic E-state index is 12.2. The van der Waals surface area contributed by atoms with Gasteiger partial charge in [-0.05, 0) is 58.7 Å². The second-order valence-corrected chi connectivity index (χ2v) is 9.49. The lowest BCUT2D eigenvalue weighted by Gasteiger charge is -2.25. The van der Waals surface area contributed by atoms with Crippen LogP contribution >= 0.6 is 22.9 Å². The maximum atomic E-state index is 12.2. The fourth-order valence-electron chi connectivity index (χ4n) is 3.52. The van der Waals surface area contributed by atoms with Gasteiger partial charge in [-0.1, -0.05) is 23.7 Å². The number of halogens is 1. The molecule has 1 aliphatic rings. The van der Waals surface area contributed by atoms with Crippen LogP contribution in [0.2, 0.25) is 5.02 Å². The Balaban J connectivity index is 2.12. The van der Waals surface area contributed by atoms with Gasteiger partial charge < -0.3 is 4.74 Å². The van der Waals surface area contributed by atoms with Crippen LogP contribution in [0.25, 0.3) is 0 Å². The Kier molecular flexibility index (Phi) is 6.96. The molecule has 1 aromatic carbocycles. The summed E-state index contributed by atoms with van der Waals surface area (Å²) in [6.45, 7) is 9.36. The molecule has 0 saturated heterocycles. The summed E-state index contributed by atoms with van der Waals surface area (Å²) in [5.74, 6) is 0.126. The molecule has 2 heterocycles. The fourth-order valence-corrected chi connectivity index (χ4v) is 4.87. The minimum atomic E-state index is -0.579. The quantitative estimate of drug-likeness (QED) is 0.339. The molecule has 3 rings (SSSR count). The minimum absolute atomic E-state index is 0.152. The van der Waals surface area contributed by atoms with Crippen LogP contribution in [-0.2, 0) is 9.53 Å². The predicted molar refractivity (Wildman–Crippen MR) is 129 cm³/mol. The van der Waals surface area contributed by atoms with Gasteiger partial charge in [-0.25, -0.2) is 0 Å². The number of aliphatic imine (C=N–C) groups is 1. The normalized spacial score (nSPS) is 16.1. The molecule has 31 heavy (non-hydrogen) atoms. The van der Waals surface area contributed by atoms with E-state index in [-0.39, 0.29) is 30.2 Å². The van der Waals surface area contributed by atoms with E-state index in [1.54, 1.807) is 23.2 Å². The van der Waals surface area contributed by atoms with Crippen LogP contribution in [0.4, 0.5) is 5.00 Å². The Bertz CT molecular complexity index is 1060. The Morgan fingerprint density at radius 2 is 1.94 bits per heavy atom. The molecule has 0 fully saturated rings. The number of thiophene rings is 1. The number of nitrogens with one attached hydrogen (secondary N) is 2. The third kappa shape index (κ3) is 4.88. The van der Waals surface area contributed by atoms with Gasteiger partial charge in [0.2, 0.25) is 0 Å². The zero-order valence-electron chi connectivity index (χ0n) is 18.4. The lowest BCUT2D eigenvalue weighted by atomic mass is 9.99. The van der Waals surface area contributed by atoms with Gasteiger partial charge in [-0.3, -0.25) is 25.5 Å². The summed E-state index contributed by atoms with van der Waals surface area (Å²) in [6, 6.07) is 6.89. The summed E-state index contributed by atoms with van der Waals surface area (Å²) in [5.41, 5.74) is 3.64. The number of carbonyl (C=O) groups is 1. The molecule has 0 aliphatic carbocycles. The molecule has 1 unspecified atom stereocenters. The van der Waals surface area contributed by atoms with Crippen molar-refractivity contribution in [2.75, 3.05) is 4.90 Å². The number of amidine groups is 2. The highest BCUT2D eigenvalue weighted by Crippen LogP contribution is 2.40. The van der Waals surface area contributed by atoms with Crippen molar-refractivity contribution in [3.05, 3.63) is 50.9 Å². The second-order valence-electron chi connectivity index (χ2n) is 7.85. The van der Waals surface area contributed by atoms with Gasteiger partial charge in [-0.15, -0.1) is 11.3 Å². The van der Waals surface area contributed by atoms with E-state index in [9.17, 15) is 4.79 Å². The van der Waals surface area contributed by atoms with Crippen LogP contribution in [-0.4, -0.2) is 35.5 Å². The summed E-state index contributed by atoms with van der Waals surface area (Å²) in [5, 5.41) is 18.7.